The van der Waals surface area contributed by atoms with E-state index < -0.39 is 4.92 Å². The van der Waals surface area contributed by atoms with E-state index in [0.29, 0.717) is 11.3 Å². The summed E-state index contributed by atoms with van der Waals surface area (Å²) in [5, 5.41) is 10.6. The van der Waals surface area contributed by atoms with E-state index in [2.05, 4.69) is 0 Å². The van der Waals surface area contributed by atoms with E-state index >= 15 is 0 Å². The largest absolute Gasteiger partial charge is 0.488 e. The van der Waals surface area contributed by atoms with Crippen LogP contribution in [-0.2, 0) is 6.61 Å². The van der Waals surface area contributed by atoms with Gasteiger partial charge in [-0.2, -0.15) is 0 Å². The molecule has 0 amide bonds. The van der Waals surface area contributed by atoms with Crippen LogP contribution in [0.4, 0.5) is 5.69 Å². The number of aryl methyl sites for hydroxylation is 1. The van der Waals surface area contributed by atoms with E-state index in [-0.39, 0.29) is 12.3 Å². The van der Waals surface area contributed by atoms with Crippen molar-refractivity contribution in [1.29, 1.82) is 0 Å². The summed E-state index contributed by atoms with van der Waals surface area (Å²) >= 11 is 0. The van der Waals surface area contributed by atoms with Crippen LogP contribution in [0.1, 0.15) is 21.5 Å². The normalized spacial score (nSPS) is 10.1. The van der Waals surface area contributed by atoms with Gasteiger partial charge in [0.25, 0.3) is 5.69 Å². The number of non-ortho nitro benzene ring substituents is 1. The number of para-hydroxylation sites is 1. The average molecular weight is 271 g/mol. The first-order valence-corrected chi connectivity index (χ1v) is 6.02. The van der Waals surface area contributed by atoms with Gasteiger partial charge in [0, 0.05) is 12.1 Å². The van der Waals surface area contributed by atoms with Crippen molar-refractivity contribution in [3.05, 3.63) is 69.3 Å². The number of nitrogens with zero attached hydrogens (tertiary/aromatic N) is 1. The van der Waals surface area contributed by atoms with Gasteiger partial charge >= 0.3 is 0 Å². The zero-order chi connectivity index (χ0) is 14.5. The molecule has 20 heavy (non-hydrogen) atoms. The Labute approximate surface area is 116 Å². The standard InChI is InChI=1S/C15H13NO4/c1-11-3-2-4-13(9-17)15(11)20-10-12-5-7-14(8-6-12)16(18)19/h2-9H,10H2,1H3. The number of hydrogen-bond acceptors (Lipinski definition) is 4. The van der Waals surface area contributed by atoms with Gasteiger partial charge in [-0.1, -0.05) is 12.1 Å². The van der Waals surface area contributed by atoms with Crippen molar-refractivity contribution in [1.82, 2.24) is 0 Å². The van der Waals surface area contributed by atoms with Gasteiger partial charge in [-0.15, -0.1) is 0 Å². The van der Waals surface area contributed by atoms with Crippen molar-refractivity contribution >= 4 is 12.0 Å². The van der Waals surface area contributed by atoms with Crippen LogP contribution in [0.2, 0.25) is 0 Å². The van der Waals surface area contributed by atoms with Crippen molar-refractivity contribution in [2.24, 2.45) is 0 Å². The SMILES string of the molecule is Cc1cccc(C=O)c1OCc1ccc([N+](=O)[O-])cc1. The number of nitro benzene ring substituents is 1. The van der Waals surface area contributed by atoms with Gasteiger partial charge in [0.2, 0.25) is 0 Å². The van der Waals surface area contributed by atoms with Gasteiger partial charge in [-0.05, 0) is 36.2 Å². The summed E-state index contributed by atoms with van der Waals surface area (Å²) in [5.41, 5.74) is 2.21. The van der Waals surface area contributed by atoms with Crippen LogP contribution >= 0.6 is 0 Å². The molecule has 0 aromatic heterocycles. The summed E-state index contributed by atoms with van der Waals surface area (Å²) in [4.78, 5) is 21.1. The van der Waals surface area contributed by atoms with Gasteiger partial charge in [0.05, 0.1) is 10.5 Å². The zero-order valence-corrected chi connectivity index (χ0v) is 10.9. The minimum atomic E-state index is -0.448. The molecule has 0 unspecified atom stereocenters. The van der Waals surface area contributed by atoms with Crippen LogP contribution in [0.15, 0.2) is 42.5 Å². The average Bonchev–Trinajstić information content (AvgIpc) is 2.46. The molecule has 0 saturated carbocycles. The molecule has 0 aliphatic heterocycles. The Bertz CT molecular complexity index is 635. The number of ether oxygens (including phenoxy) is 1. The lowest BCUT2D eigenvalue weighted by molar-refractivity contribution is -0.384. The third-order valence-electron chi connectivity index (χ3n) is 2.90. The van der Waals surface area contributed by atoms with Crippen molar-refractivity contribution in [2.45, 2.75) is 13.5 Å². The molecular weight excluding hydrogens is 258 g/mol. The first kappa shape index (κ1) is 13.7. The fourth-order valence-corrected chi connectivity index (χ4v) is 1.83. The molecule has 0 aliphatic carbocycles. The Balaban J connectivity index is 2.13. The highest BCUT2D eigenvalue weighted by atomic mass is 16.6. The maximum atomic E-state index is 11.0. The van der Waals surface area contributed by atoms with Crippen molar-refractivity contribution in [3.63, 3.8) is 0 Å². The van der Waals surface area contributed by atoms with Crippen LogP contribution in [0.3, 0.4) is 0 Å². The summed E-state index contributed by atoms with van der Waals surface area (Å²) in [6, 6.07) is 11.5. The number of carbonyl (C=O) groups is 1. The molecule has 0 bridgehead atoms. The van der Waals surface area contributed by atoms with Crippen molar-refractivity contribution in [2.75, 3.05) is 0 Å². The van der Waals surface area contributed by atoms with Crippen LogP contribution in [0.25, 0.3) is 0 Å². The molecule has 0 N–H and O–H groups in total. The smallest absolute Gasteiger partial charge is 0.269 e. The summed E-state index contributed by atoms with van der Waals surface area (Å²) in [6.07, 6.45) is 0.748. The Hall–Kier alpha value is -2.69. The maximum absolute atomic E-state index is 11.0. The fourth-order valence-electron chi connectivity index (χ4n) is 1.83. The molecule has 0 spiro atoms. The van der Waals surface area contributed by atoms with Gasteiger partial charge in [-0.25, -0.2) is 0 Å². The fraction of sp³-hybridized carbons (Fsp3) is 0.133. The molecule has 5 heteroatoms. The predicted octanol–water partition coefficient (Wildman–Crippen LogP) is 3.29. The first-order chi connectivity index (χ1) is 9.61. The van der Waals surface area contributed by atoms with E-state index in [1.54, 1.807) is 24.3 Å². The minimum Gasteiger partial charge on any atom is -0.488 e. The Morgan fingerprint density at radius 1 is 1.20 bits per heavy atom. The summed E-state index contributed by atoms with van der Waals surface area (Å²) < 4.78 is 5.64. The first-order valence-electron chi connectivity index (χ1n) is 6.02. The van der Waals surface area contributed by atoms with Gasteiger partial charge in [-0.3, -0.25) is 14.9 Å². The molecule has 0 saturated heterocycles. The lowest BCUT2D eigenvalue weighted by Gasteiger charge is -2.11. The van der Waals surface area contributed by atoms with Crippen LogP contribution in [0, 0.1) is 17.0 Å². The topological polar surface area (TPSA) is 69.4 Å². The van der Waals surface area contributed by atoms with E-state index in [0.717, 1.165) is 17.4 Å². The molecule has 102 valence electrons. The molecule has 2 aromatic carbocycles. The number of aldehydes is 1. The van der Waals surface area contributed by atoms with E-state index in [1.165, 1.54) is 12.1 Å². The predicted molar refractivity (Wildman–Crippen MR) is 74.0 cm³/mol. The van der Waals surface area contributed by atoms with Gasteiger partial charge in [0.15, 0.2) is 6.29 Å². The highest BCUT2D eigenvalue weighted by Gasteiger charge is 2.08. The number of rotatable bonds is 5. The van der Waals surface area contributed by atoms with Crippen LogP contribution < -0.4 is 4.74 Å². The van der Waals surface area contributed by atoms with Crippen LogP contribution in [-0.4, -0.2) is 11.2 Å². The monoisotopic (exact) mass is 271 g/mol. The second-order valence-electron chi connectivity index (χ2n) is 4.32. The highest BCUT2D eigenvalue weighted by Crippen LogP contribution is 2.23. The summed E-state index contributed by atoms with van der Waals surface area (Å²) in [6.45, 7) is 2.11. The molecule has 0 fully saturated rings. The van der Waals surface area contributed by atoms with Gasteiger partial charge < -0.3 is 4.74 Å². The van der Waals surface area contributed by atoms with Crippen molar-refractivity contribution in [3.8, 4) is 5.75 Å². The second-order valence-corrected chi connectivity index (χ2v) is 4.32. The van der Waals surface area contributed by atoms with Crippen molar-refractivity contribution < 1.29 is 14.5 Å². The summed E-state index contributed by atoms with van der Waals surface area (Å²) in [5.74, 6) is 0.542. The molecule has 0 aliphatic rings. The molecule has 5 nitrogen and oxygen atoms in total. The number of carbonyl (C=O) groups excluding carboxylic acids is 1. The molecule has 0 radical (unpaired) electrons. The number of benzene rings is 2. The number of hydrogen-bond donors (Lipinski definition) is 0. The van der Waals surface area contributed by atoms with Crippen LogP contribution in [0.5, 0.6) is 5.75 Å². The Morgan fingerprint density at radius 3 is 2.50 bits per heavy atom. The third-order valence-corrected chi connectivity index (χ3v) is 2.90. The lowest BCUT2D eigenvalue weighted by atomic mass is 10.1. The summed E-state index contributed by atoms with van der Waals surface area (Å²) in [7, 11) is 0. The van der Waals surface area contributed by atoms with Gasteiger partial charge in [0.1, 0.15) is 12.4 Å². The van der Waals surface area contributed by atoms with E-state index in [9.17, 15) is 14.9 Å². The molecule has 0 atom stereocenters. The molecule has 2 aromatic rings. The maximum Gasteiger partial charge on any atom is 0.269 e. The quantitative estimate of drug-likeness (QED) is 0.475. The molecule has 0 heterocycles. The minimum absolute atomic E-state index is 0.0400. The van der Waals surface area contributed by atoms with E-state index in [4.69, 9.17) is 4.74 Å². The Kier molecular flexibility index (Phi) is 4.10. The molecule has 2 rings (SSSR count). The molecular formula is C15H13NO4. The lowest BCUT2D eigenvalue weighted by Crippen LogP contribution is -2.00. The van der Waals surface area contributed by atoms with E-state index in [1.807, 2.05) is 13.0 Å². The third kappa shape index (κ3) is 3.00. The second kappa shape index (κ2) is 5.97. The highest BCUT2D eigenvalue weighted by molar-refractivity contribution is 5.80. The Morgan fingerprint density at radius 2 is 1.90 bits per heavy atom. The number of nitro groups is 1. The zero-order valence-electron chi connectivity index (χ0n) is 10.9.